The molecule has 8 heteroatoms. The first-order chi connectivity index (χ1) is 17.7. The monoisotopic (exact) mass is 527 g/mol. The van der Waals surface area contributed by atoms with Crippen LogP contribution in [-0.4, -0.2) is 50.0 Å². The Morgan fingerprint density at radius 2 is 1.73 bits per heavy atom. The number of rotatable bonds is 12. The number of nitrogens with one attached hydrogen (secondary N) is 1. The molecule has 0 unspecified atom stereocenters. The number of hydrogen-bond donors (Lipinski definition) is 1. The quantitative estimate of drug-likeness (QED) is 0.430. The van der Waals surface area contributed by atoms with Crippen LogP contribution in [0.25, 0.3) is 0 Å². The molecule has 1 fully saturated rings. The lowest BCUT2D eigenvalue weighted by atomic mass is 9.95. The predicted octanol–water partition coefficient (Wildman–Crippen LogP) is 4.80. The summed E-state index contributed by atoms with van der Waals surface area (Å²) in [6, 6.07) is 16.5. The van der Waals surface area contributed by atoms with Gasteiger partial charge in [-0.15, -0.1) is 0 Å². The number of nitrogens with zero attached hydrogens (tertiary/aromatic N) is 2. The number of carbonyl (C=O) groups is 2. The number of sulfonamides is 1. The molecule has 0 aromatic heterocycles. The fourth-order valence-corrected chi connectivity index (χ4v) is 6.03. The molecule has 1 atom stereocenters. The summed E-state index contributed by atoms with van der Waals surface area (Å²) in [5.74, 6) is -0.244. The van der Waals surface area contributed by atoms with Gasteiger partial charge in [-0.2, -0.15) is 0 Å². The predicted molar refractivity (Wildman–Crippen MR) is 149 cm³/mol. The van der Waals surface area contributed by atoms with Crippen LogP contribution in [0.1, 0.15) is 69.4 Å². The maximum absolute atomic E-state index is 13.6. The summed E-state index contributed by atoms with van der Waals surface area (Å²) in [7, 11) is -3.50. The lowest BCUT2D eigenvalue weighted by Crippen LogP contribution is -2.51. The van der Waals surface area contributed by atoms with E-state index in [-0.39, 0.29) is 30.8 Å². The molecule has 0 aliphatic heterocycles. The molecular weight excluding hydrogens is 486 g/mol. The Kier molecular flexibility index (Phi) is 10.6. The van der Waals surface area contributed by atoms with Crippen LogP contribution in [0.5, 0.6) is 0 Å². The molecule has 1 aliphatic carbocycles. The van der Waals surface area contributed by atoms with E-state index in [4.69, 9.17) is 0 Å². The molecule has 0 saturated heterocycles. The highest BCUT2D eigenvalue weighted by Gasteiger charge is 2.30. The summed E-state index contributed by atoms with van der Waals surface area (Å²) in [6.45, 7) is 4.47. The van der Waals surface area contributed by atoms with E-state index in [1.807, 2.05) is 44.2 Å². The third-order valence-electron chi connectivity index (χ3n) is 6.97. The van der Waals surface area contributed by atoms with Crippen molar-refractivity contribution in [1.29, 1.82) is 0 Å². The maximum atomic E-state index is 13.6. The number of hydrogen-bond acceptors (Lipinski definition) is 4. The molecule has 202 valence electrons. The van der Waals surface area contributed by atoms with Gasteiger partial charge in [0.25, 0.3) is 0 Å². The molecular formula is C29H41N3O4S. The first-order valence-electron chi connectivity index (χ1n) is 13.4. The van der Waals surface area contributed by atoms with Crippen LogP contribution in [0.15, 0.2) is 54.6 Å². The van der Waals surface area contributed by atoms with Gasteiger partial charge in [0, 0.05) is 25.6 Å². The minimum atomic E-state index is -3.50. The normalized spacial score (nSPS) is 15.1. The van der Waals surface area contributed by atoms with E-state index < -0.39 is 16.1 Å². The SMILES string of the molecule is CC[C@H](C(=O)NC1CCCCC1)N(Cc1cccc(C)c1)C(=O)CCCN(c1ccccc1)S(C)(=O)=O. The van der Waals surface area contributed by atoms with Crippen molar-refractivity contribution in [3.63, 3.8) is 0 Å². The van der Waals surface area contributed by atoms with Crippen molar-refractivity contribution >= 4 is 27.5 Å². The molecule has 0 bridgehead atoms. The second kappa shape index (κ2) is 13.6. The summed E-state index contributed by atoms with van der Waals surface area (Å²) in [5.41, 5.74) is 2.64. The third-order valence-corrected chi connectivity index (χ3v) is 8.16. The van der Waals surface area contributed by atoms with Gasteiger partial charge in [-0.1, -0.05) is 74.2 Å². The van der Waals surface area contributed by atoms with E-state index in [0.717, 1.165) is 36.8 Å². The highest BCUT2D eigenvalue weighted by atomic mass is 32.2. The molecule has 1 aliphatic rings. The summed E-state index contributed by atoms with van der Waals surface area (Å²) in [4.78, 5) is 28.6. The molecule has 1 N–H and O–H groups in total. The second-order valence-electron chi connectivity index (χ2n) is 10.1. The summed E-state index contributed by atoms with van der Waals surface area (Å²) in [5, 5.41) is 3.20. The Labute approximate surface area is 222 Å². The van der Waals surface area contributed by atoms with E-state index in [2.05, 4.69) is 5.32 Å². The lowest BCUT2D eigenvalue weighted by molar-refractivity contribution is -0.141. The maximum Gasteiger partial charge on any atom is 0.243 e. The Morgan fingerprint density at radius 1 is 1.03 bits per heavy atom. The van der Waals surface area contributed by atoms with E-state index >= 15 is 0 Å². The Balaban J connectivity index is 1.74. The number of aryl methyl sites for hydroxylation is 1. The molecule has 2 amide bonds. The smallest absolute Gasteiger partial charge is 0.243 e. The highest BCUT2D eigenvalue weighted by molar-refractivity contribution is 7.92. The van der Waals surface area contributed by atoms with Crippen molar-refractivity contribution in [3.05, 3.63) is 65.7 Å². The van der Waals surface area contributed by atoms with Gasteiger partial charge < -0.3 is 10.2 Å². The number of amides is 2. The van der Waals surface area contributed by atoms with Gasteiger partial charge in [-0.3, -0.25) is 13.9 Å². The molecule has 37 heavy (non-hydrogen) atoms. The average Bonchev–Trinajstić information content (AvgIpc) is 2.87. The number of anilines is 1. The summed E-state index contributed by atoms with van der Waals surface area (Å²) in [6.07, 6.45) is 7.59. The fraction of sp³-hybridized carbons (Fsp3) is 0.517. The van der Waals surface area contributed by atoms with Gasteiger partial charge in [0.2, 0.25) is 21.8 Å². The zero-order valence-electron chi connectivity index (χ0n) is 22.4. The van der Waals surface area contributed by atoms with Crippen molar-refractivity contribution in [3.8, 4) is 0 Å². The standard InChI is InChI=1S/C29H41N3O4S/c1-4-27(29(34)30-25-15-7-5-8-16-25)31(22-24-14-11-13-23(2)21-24)28(33)19-12-20-32(37(3,35)36)26-17-9-6-10-18-26/h6,9-11,13-14,17-18,21,25,27H,4-5,7-8,12,15-16,19-20,22H2,1-3H3,(H,30,34)/t27-/m1/s1. The zero-order valence-corrected chi connectivity index (χ0v) is 23.2. The van der Waals surface area contributed by atoms with Crippen molar-refractivity contribution < 1.29 is 18.0 Å². The Bertz CT molecular complexity index is 1130. The van der Waals surface area contributed by atoms with Crippen LogP contribution >= 0.6 is 0 Å². The first-order valence-corrected chi connectivity index (χ1v) is 15.2. The minimum Gasteiger partial charge on any atom is -0.352 e. The molecule has 0 radical (unpaired) electrons. The Hall–Kier alpha value is -2.87. The van der Waals surface area contributed by atoms with E-state index in [9.17, 15) is 18.0 Å². The highest BCUT2D eigenvalue weighted by Crippen LogP contribution is 2.21. The van der Waals surface area contributed by atoms with Crippen LogP contribution in [-0.2, 0) is 26.2 Å². The van der Waals surface area contributed by atoms with Crippen molar-refractivity contribution in [2.24, 2.45) is 0 Å². The van der Waals surface area contributed by atoms with Gasteiger partial charge in [0.1, 0.15) is 6.04 Å². The van der Waals surface area contributed by atoms with Crippen molar-refractivity contribution in [2.45, 2.75) is 83.8 Å². The lowest BCUT2D eigenvalue weighted by Gasteiger charge is -2.33. The molecule has 0 heterocycles. The number of carbonyl (C=O) groups excluding carboxylic acids is 2. The Morgan fingerprint density at radius 3 is 2.35 bits per heavy atom. The second-order valence-corrected chi connectivity index (χ2v) is 12.0. The molecule has 0 spiro atoms. The van der Waals surface area contributed by atoms with E-state index in [0.29, 0.717) is 25.1 Å². The number of benzene rings is 2. The summed E-state index contributed by atoms with van der Waals surface area (Å²) >= 11 is 0. The fourth-order valence-electron chi connectivity index (χ4n) is 5.07. The van der Waals surface area contributed by atoms with Crippen molar-refractivity contribution in [1.82, 2.24) is 10.2 Å². The molecule has 2 aromatic carbocycles. The summed E-state index contributed by atoms with van der Waals surface area (Å²) < 4.78 is 26.2. The van der Waals surface area contributed by atoms with Crippen LogP contribution in [0, 0.1) is 6.92 Å². The van der Waals surface area contributed by atoms with Gasteiger partial charge >= 0.3 is 0 Å². The van der Waals surface area contributed by atoms with E-state index in [1.54, 1.807) is 29.2 Å². The average molecular weight is 528 g/mol. The van der Waals surface area contributed by atoms with E-state index in [1.165, 1.54) is 17.0 Å². The minimum absolute atomic E-state index is 0.0996. The largest absolute Gasteiger partial charge is 0.352 e. The third kappa shape index (κ3) is 8.59. The van der Waals surface area contributed by atoms with Crippen LogP contribution in [0.4, 0.5) is 5.69 Å². The first kappa shape index (κ1) is 28.7. The van der Waals surface area contributed by atoms with Gasteiger partial charge in [-0.25, -0.2) is 8.42 Å². The van der Waals surface area contributed by atoms with Gasteiger partial charge in [0.15, 0.2) is 0 Å². The topological polar surface area (TPSA) is 86.8 Å². The van der Waals surface area contributed by atoms with Crippen LogP contribution < -0.4 is 9.62 Å². The molecule has 1 saturated carbocycles. The van der Waals surface area contributed by atoms with Crippen LogP contribution in [0.3, 0.4) is 0 Å². The van der Waals surface area contributed by atoms with Crippen molar-refractivity contribution in [2.75, 3.05) is 17.1 Å². The number of para-hydroxylation sites is 1. The molecule has 3 rings (SSSR count). The van der Waals surface area contributed by atoms with Gasteiger partial charge in [-0.05, 0) is 50.3 Å². The van der Waals surface area contributed by atoms with Gasteiger partial charge in [0.05, 0.1) is 11.9 Å². The molecule has 2 aromatic rings. The van der Waals surface area contributed by atoms with Crippen LogP contribution in [0.2, 0.25) is 0 Å². The zero-order chi connectivity index (χ0) is 26.8. The molecule has 7 nitrogen and oxygen atoms in total.